The van der Waals surface area contributed by atoms with Crippen LogP contribution in [0.2, 0.25) is 0 Å². The fraction of sp³-hybridized carbons (Fsp3) is 0.286. The number of fused-ring (bicyclic) bond motifs is 1. The fourth-order valence-corrected chi connectivity index (χ4v) is 5.24. The van der Waals surface area contributed by atoms with Crippen molar-refractivity contribution in [1.82, 2.24) is 19.4 Å². The van der Waals surface area contributed by atoms with Crippen LogP contribution in [-0.2, 0) is 30.4 Å². The van der Waals surface area contributed by atoms with Gasteiger partial charge in [-0.1, -0.05) is 51.1 Å². The first-order chi connectivity index (χ1) is 21.1. The van der Waals surface area contributed by atoms with Gasteiger partial charge in [-0.05, 0) is 57.8 Å². The highest BCUT2D eigenvalue weighted by Crippen LogP contribution is 2.30. The number of aliphatic hydroxyl groups excluding tert-OH is 1. The van der Waals surface area contributed by atoms with Gasteiger partial charge < -0.3 is 25.0 Å². The number of aliphatic hydroxyl groups is 1. The lowest BCUT2D eigenvalue weighted by atomic mass is 9.86. The van der Waals surface area contributed by atoms with Gasteiger partial charge in [0.1, 0.15) is 11.5 Å². The van der Waals surface area contributed by atoms with E-state index in [4.69, 9.17) is 4.74 Å². The molecular weight excluding hydrogens is 554 g/mol. The third-order valence-electron chi connectivity index (χ3n) is 7.73. The average molecular weight is 594 g/mol. The molecule has 228 valence electrons. The van der Waals surface area contributed by atoms with Gasteiger partial charge in [0.2, 0.25) is 0 Å². The molecule has 0 aliphatic heterocycles. The van der Waals surface area contributed by atoms with E-state index in [1.165, 1.54) is 4.57 Å². The van der Waals surface area contributed by atoms with Crippen molar-refractivity contribution in [3.8, 4) is 16.8 Å². The maximum absolute atomic E-state index is 13.7. The van der Waals surface area contributed by atoms with E-state index in [9.17, 15) is 14.7 Å². The Morgan fingerprint density at radius 3 is 2.52 bits per heavy atom. The second-order valence-corrected chi connectivity index (χ2v) is 11.9. The smallest absolute Gasteiger partial charge is 0.274 e. The lowest BCUT2D eigenvalue weighted by Gasteiger charge is -2.20. The predicted molar refractivity (Wildman–Crippen MR) is 176 cm³/mol. The Kier molecular flexibility index (Phi) is 9.10. The van der Waals surface area contributed by atoms with Crippen molar-refractivity contribution < 1.29 is 9.84 Å². The lowest BCUT2D eigenvalue weighted by Crippen LogP contribution is -2.21. The quantitative estimate of drug-likeness (QED) is 0.195. The highest BCUT2D eigenvalue weighted by Gasteiger charge is 2.18. The summed E-state index contributed by atoms with van der Waals surface area (Å²) in [6.45, 7) is 8.16. The molecule has 9 nitrogen and oxygen atoms in total. The number of rotatable bonds is 10. The molecule has 0 unspecified atom stereocenters. The third kappa shape index (κ3) is 6.50. The van der Waals surface area contributed by atoms with Gasteiger partial charge in [-0.15, -0.1) is 0 Å². The Hall–Kier alpha value is -4.57. The minimum atomic E-state index is -0.300. The summed E-state index contributed by atoms with van der Waals surface area (Å²) in [5.41, 5.74) is 4.67. The summed E-state index contributed by atoms with van der Waals surface area (Å²) in [5, 5.41) is 18.5. The van der Waals surface area contributed by atoms with Crippen molar-refractivity contribution >= 4 is 22.3 Å². The van der Waals surface area contributed by atoms with Crippen molar-refractivity contribution in [1.29, 1.82) is 0 Å². The Bertz CT molecular complexity index is 1900. The summed E-state index contributed by atoms with van der Waals surface area (Å²) >= 11 is 0. The number of hydrogen-bond donors (Lipinski definition) is 3. The molecule has 0 amide bonds. The minimum Gasteiger partial charge on any atom is -0.392 e. The molecule has 0 spiro atoms. The molecule has 0 bridgehead atoms. The Morgan fingerprint density at radius 1 is 1.00 bits per heavy atom. The molecule has 0 atom stereocenters. The van der Waals surface area contributed by atoms with Gasteiger partial charge in [0, 0.05) is 62.4 Å². The third-order valence-corrected chi connectivity index (χ3v) is 7.73. The largest absolute Gasteiger partial charge is 0.392 e. The molecule has 0 aliphatic rings. The second-order valence-electron chi connectivity index (χ2n) is 11.9. The molecule has 0 aliphatic carbocycles. The maximum atomic E-state index is 13.7. The zero-order valence-electron chi connectivity index (χ0n) is 25.8. The van der Waals surface area contributed by atoms with Crippen LogP contribution in [0.1, 0.15) is 37.5 Å². The van der Waals surface area contributed by atoms with E-state index in [0.717, 1.165) is 23.1 Å². The SMILES string of the molecule is COCCNCc1ccc(Nc2cc(-c3cccc(-n4ccc5cc(C(C)(C)C)ccc5c4=O)c3CO)cn(C)c2=O)nc1. The van der Waals surface area contributed by atoms with Crippen LogP contribution in [0.3, 0.4) is 0 Å². The predicted octanol–water partition coefficient (Wildman–Crippen LogP) is 5.02. The first-order valence-corrected chi connectivity index (χ1v) is 14.6. The second kappa shape index (κ2) is 13.0. The number of pyridine rings is 3. The van der Waals surface area contributed by atoms with Gasteiger partial charge in [-0.3, -0.25) is 14.2 Å². The Morgan fingerprint density at radius 2 is 1.82 bits per heavy atom. The van der Waals surface area contributed by atoms with Crippen molar-refractivity contribution in [2.75, 3.05) is 25.6 Å². The molecule has 44 heavy (non-hydrogen) atoms. The molecule has 5 rings (SSSR count). The van der Waals surface area contributed by atoms with E-state index >= 15 is 0 Å². The minimum absolute atomic E-state index is 0.0357. The first kappa shape index (κ1) is 30.9. The highest BCUT2D eigenvalue weighted by atomic mass is 16.5. The molecule has 9 heteroatoms. The van der Waals surface area contributed by atoms with Crippen molar-refractivity contribution in [2.24, 2.45) is 7.05 Å². The van der Waals surface area contributed by atoms with Crippen LogP contribution >= 0.6 is 0 Å². The number of aromatic nitrogens is 3. The number of aryl methyl sites for hydroxylation is 1. The monoisotopic (exact) mass is 593 g/mol. The lowest BCUT2D eigenvalue weighted by molar-refractivity contribution is 0.199. The van der Waals surface area contributed by atoms with Gasteiger partial charge in [0.05, 0.1) is 18.9 Å². The number of ether oxygens (including phenoxy) is 1. The Labute approximate surface area is 256 Å². The number of nitrogens with zero attached hydrogens (tertiary/aromatic N) is 3. The van der Waals surface area contributed by atoms with Crippen LogP contribution < -0.4 is 21.8 Å². The van der Waals surface area contributed by atoms with Crippen LogP contribution in [0, 0.1) is 0 Å². The molecule has 3 N–H and O–H groups in total. The molecule has 0 fully saturated rings. The van der Waals surface area contributed by atoms with Crippen LogP contribution in [0.25, 0.3) is 27.6 Å². The topological polar surface area (TPSA) is 110 Å². The zero-order valence-corrected chi connectivity index (χ0v) is 25.8. The van der Waals surface area contributed by atoms with Gasteiger partial charge >= 0.3 is 0 Å². The summed E-state index contributed by atoms with van der Waals surface area (Å²) in [6, 6.07) is 18.9. The molecule has 0 radical (unpaired) electrons. The van der Waals surface area contributed by atoms with Gasteiger partial charge in [0.15, 0.2) is 0 Å². The first-order valence-electron chi connectivity index (χ1n) is 14.6. The van der Waals surface area contributed by atoms with Crippen LogP contribution in [-0.4, -0.2) is 39.5 Å². The van der Waals surface area contributed by atoms with Crippen LogP contribution in [0.4, 0.5) is 11.5 Å². The molecule has 3 aromatic heterocycles. The highest BCUT2D eigenvalue weighted by molar-refractivity contribution is 5.83. The van der Waals surface area contributed by atoms with Crippen LogP contribution in [0.15, 0.2) is 88.8 Å². The van der Waals surface area contributed by atoms with Crippen LogP contribution in [0.5, 0.6) is 0 Å². The standard InChI is InChI=1S/C35H39N5O4/c1-35(2,3)26-10-11-28-24(17-26)13-15-40(33(28)42)31-8-6-7-27(29(31)22-41)25-18-30(34(43)39(4)21-25)38-32-12-9-23(20-37-32)19-36-14-16-44-5/h6-13,15,17-18,20-21,36,41H,14,16,19,22H2,1-5H3,(H,37,38). The fourth-order valence-electron chi connectivity index (χ4n) is 5.24. The average Bonchev–Trinajstić information content (AvgIpc) is 3.01. The summed E-state index contributed by atoms with van der Waals surface area (Å²) < 4.78 is 8.12. The number of benzene rings is 2. The number of nitrogens with one attached hydrogen (secondary N) is 2. The summed E-state index contributed by atoms with van der Waals surface area (Å²) in [5.74, 6) is 0.536. The van der Waals surface area contributed by atoms with Gasteiger partial charge in [-0.2, -0.15) is 0 Å². The number of methoxy groups -OCH3 is 1. The van der Waals surface area contributed by atoms with Crippen molar-refractivity contribution in [2.45, 2.75) is 39.3 Å². The van der Waals surface area contributed by atoms with E-state index in [-0.39, 0.29) is 23.1 Å². The van der Waals surface area contributed by atoms with E-state index in [2.05, 4.69) is 42.5 Å². The van der Waals surface area contributed by atoms with Gasteiger partial charge in [0.25, 0.3) is 11.1 Å². The molecule has 5 aromatic rings. The molecule has 0 saturated heterocycles. The summed E-state index contributed by atoms with van der Waals surface area (Å²) in [6.07, 6.45) is 5.24. The van der Waals surface area contributed by atoms with E-state index in [0.29, 0.717) is 52.4 Å². The van der Waals surface area contributed by atoms with Crippen molar-refractivity contribution in [3.05, 3.63) is 117 Å². The van der Waals surface area contributed by atoms with E-state index in [1.807, 2.05) is 48.5 Å². The Balaban J connectivity index is 1.49. The van der Waals surface area contributed by atoms with Gasteiger partial charge in [-0.25, -0.2) is 4.98 Å². The maximum Gasteiger partial charge on any atom is 0.274 e. The number of anilines is 2. The number of hydrogen-bond acceptors (Lipinski definition) is 7. The summed E-state index contributed by atoms with van der Waals surface area (Å²) in [4.78, 5) is 31.2. The van der Waals surface area contributed by atoms with Crippen molar-refractivity contribution in [3.63, 3.8) is 0 Å². The molecule has 2 aromatic carbocycles. The molecular formula is C35H39N5O4. The zero-order chi connectivity index (χ0) is 31.4. The van der Waals surface area contributed by atoms with E-state index in [1.54, 1.807) is 43.4 Å². The van der Waals surface area contributed by atoms with E-state index < -0.39 is 0 Å². The summed E-state index contributed by atoms with van der Waals surface area (Å²) in [7, 11) is 3.35. The normalized spacial score (nSPS) is 11.7. The molecule has 3 heterocycles. The molecule has 0 saturated carbocycles.